The van der Waals surface area contributed by atoms with E-state index >= 15 is 0 Å². The van der Waals surface area contributed by atoms with Gasteiger partial charge in [-0.3, -0.25) is 9.78 Å². The minimum absolute atomic E-state index is 0.238. The normalized spacial score (nSPS) is 10.3. The molecule has 3 rings (SSSR count). The van der Waals surface area contributed by atoms with Gasteiger partial charge in [0.1, 0.15) is 11.4 Å². The summed E-state index contributed by atoms with van der Waals surface area (Å²) in [4.78, 5) is 25.5. The number of nitroso groups, excluding NO2 is 1. The van der Waals surface area contributed by atoms with Crippen molar-refractivity contribution in [1.82, 2.24) is 10.1 Å². The topological polar surface area (TPSA) is 85.4 Å². The molecular weight excluding hydrogens is 270 g/mol. The predicted octanol–water partition coefficient (Wildman–Crippen LogP) is 3.31. The van der Waals surface area contributed by atoms with Crippen LogP contribution >= 0.6 is 0 Å². The van der Waals surface area contributed by atoms with Crippen molar-refractivity contribution >= 4 is 5.91 Å². The van der Waals surface area contributed by atoms with E-state index in [9.17, 15) is 9.70 Å². The molecule has 0 saturated carbocycles. The standard InChI is InChI=1S/C15H9N3O3/c19-15(17-20)11-6-4-10(5-7-11)13-9-14(21-18-13)12-3-1-2-8-16-12/h1-9H. The molecule has 0 saturated heterocycles. The Bertz CT molecular complexity index is 779. The monoisotopic (exact) mass is 279 g/mol. The molecule has 0 aliphatic carbocycles. The second kappa shape index (κ2) is 5.46. The van der Waals surface area contributed by atoms with Gasteiger partial charge in [0.2, 0.25) is 0 Å². The Hall–Kier alpha value is -3.15. The van der Waals surface area contributed by atoms with Crippen LogP contribution in [0.3, 0.4) is 0 Å². The number of pyridine rings is 1. The van der Waals surface area contributed by atoms with Gasteiger partial charge in [0.05, 0.1) is 0 Å². The van der Waals surface area contributed by atoms with Gasteiger partial charge >= 0.3 is 5.91 Å². The number of benzene rings is 1. The van der Waals surface area contributed by atoms with Crippen LogP contribution in [0.25, 0.3) is 22.7 Å². The fraction of sp³-hybridized carbons (Fsp3) is 0. The Balaban J connectivity index is 1.90. The summed E-state index contributed by atoms with van der Waals surface area (Å²) in [6, 6.07) is 13.7. The van der Waals surface area contributed by atoms with Crippen LogP contribution in [0.1, 0.15) is 10.4 Å². The predicted molar refractivity (Wildman–Crippen MR) is 75.3 cm³/mol. The molecule has 0 aliphatic heterocycles. The van der Waals surface area contributed by atoms with Gasteiger partial charge in [-0.15, -0.1) is 4.91 Å². The highest BCUT2D eigenvalue weighted by Crippen LogP contribution is 2.24. The summed E-state index contributed by atoms with van der Waals surface area (Å²) >= 11 is 0. The van der Waals surface area contributed by atoms with Crippen molar-refractivity contribution in [2.75, 3.05) is 0 Å². The minimum atomic E-state index is -0.795. The third-order valence-electron chi connectivity index (χ3n) is 2.94. The zero-order chi connectivity index (χ0) is 14.7. The van der Waals surface area contributed by atoms with E-state index in [1.54, 1.807) is 24.4 Å². The molecule has 0 bridgehead atoms. The number of hydrogen-bond donors (Lipinski definition) is 0. The first-order valence-corrected chi connectivity index (χ1v) is 6.14. The van der Waals surface area contributed by atoms with Crippen LogP contribution in [0, 0.1) is 4.91 Å². The van der Waals surface area contributed by atoms with Gasteiger partial charge in [0.15, 0.2) is 5.76 Å². The van der Waals surface area contributed by atoms with E-state index in [2.05, 4.69) is 15.3 Å². The summed E-state index contributed by atoms with van der Waals surface area (Å²) in [6.45, 7) is 0. The molecule has 6 heteroatoms. The Morgan fingerprint density at radius 2 is 1.86 bits per heavy atom. The number of carbonyl (C=O) groups is 1. The van der Waals surface area contributed by atoms with Crippen LogP contribution in [0.5, 0.6) is 0 Å². The van der Waals surface area contributed by atoms with Gasteiger partial charge in [-0.2, -0.15) is 0 Å². The van der Waals surface area contributed by atoms with E-state index in [4.69, 9.17) is 4.52 Å². The summed E-state index contributed by atoms with van der Waals surface area (Å²) in [7, 11) is 0. The third kappa shape index (κ3) is 2.59. The Kier molecular flexibility index (Phi) is 3.34. The molecule has 0 aliphatic rings. The molecule has 0 atom stereocenters. The lowest BCUT2D eigenvalue weighted by Gasteiger charge is -1.96. The molecule has 21 heavy (non-hydrogen) atoms. The van der Waals surface area contributed by atoms with E-state index in [0.29, 0.717) is 17.1 Å². The van der Waals surface area contributed by atoms with Crippen molar-refractivity contribution in [3.8, 4) is 22.7 Å². The van der Waals surface area contributed by atoms with Crippen LogP contribution in [-0.4, -0.2) is 16.0 Å². The lowest BCUT2D eigenvalue weighted by Crippen LogP contribution is -1.92. The first-order chi connectivity index (χ1) is 10.3. The summed E-state index contributed by atoms with van der Waals surface area (Å²) in [5.41, 5.74) is 2.31. The van der Waals surface area contributed by atoms with Crippen molar-refractivity contribution in [2.45, 2.75) is 0 Å². The van der Waals surface area contributed by atoms with Crippen molar-refractivity contribution in [3.05, 3.63) is 65.2 Å². The van der Waals surface area contributed by atoms with E-state index < -0.39 is 5.91 Å². The number of aromatic nitrogens is 2. The van der Waals surface area contributed by atoms with Gasteiger partial charge < -0.3 is 4.52 Å². The van der Waals surface area contributed by atoms with Crippen molar-refractivity contribution in [3.63, 3.8) is 0 Å². The number of rotatable bonds is 3. The molecule has 102 valence electrons. The average Bonchev–Trinajstić information content (AvgIpc) is 3.05. The van der Waals surface area contributed by atoms with Crippen LogP contribution in [0.4, 0.5) is 0 Å². The van der Waals surface area contributed by atoms with Crippen LogP contribution in [-0.2, 0) is 0 Å². The quantitative estimate of drug-likeness (QED) is 0.686. The summed E-state index contributed by atoms with van der Waals surface area (Å²) in [5, 5.41) is 6.35. The highest BCUT2D eigenvalue weighted by atomic mass is 16.5. The molecule has 3 aromatic rings. The lowest BCUT2D eigenvalue weighted by molar-refractivity contribution is 0.100. The van der Waals surface area contributed by atoms with Gasteiger partial charge in [-0.1, -0.05) is 23.4 Å². The second-order valence-corrected chi connectivity index (χ2v) is 4.27. The van der Waals surface area contributed by atoms with Gasteiger partial charge in [0, 0.05) is 28.6 Å². The smallest absolute Gasteiger partial charge is 0.316 e. The van der Waals surface area contributed by atoms with E-state index in [1.807, 2.05) is 18.2 Å². The third-order valence-corrected chi connectivity index (χ3v) is 2.94. The minimum Gasteiger partial charge on any atom is -0.354 e. The van der Waals surface area contributed by atoms with E-state index in [0.717, 1.165) is 5.56 Å². The number of carbonyl (C=O) groups excluding carboxylic acids is 1. The van der Waals surface area contributed by atoms with Crippen LogP contribution in [0.15, 0.2) is 64.4 Å². The molecule has 0 spiro atoms. The largest absolute Gasteiger partial charge is 0.354 e. The zero-order valence-electron chi connectivity index (χ0n) is 10.8. The Morgan fingerprint density at radius 3 is 2.52 bits per heavy atom. The van der Waals surface area contributed by atoms with Gasteiger partial charge in [0.25, 0.3) is 0 Å². The maximum atomic E-state index is 11.1. The highest BCUT2D eigenvalue weighted by Gasteiger charge is 2.10. The van der Waals surface area contributed by atoms with Crippen LogP contribution < -0.4 is 0 Å². The fourth-order valence-electron chi connectivity index (χ4n) is 1.88. The van der Waals surface area contributed by atoms with Gasteiger partial charge in [-0.25, -0.2) is 0 Å². The van der Waals surface area contributed by atoms with Crippen molar-refractivity contribution < 1.29 is 9.32 Å². The molecule has 1 amide bonds. The molecular formula is C15H9N3O3. The number of hydrogen-bond acceptors (Lipinski definition) is 5. The fourth-order valence-corrected chi connectivity index (χ4v) is 1.88. The molecule has 0 radical (unpaired) electrons. The Morgan fingerprint density at radius 1 is 1.05 bits per heavy atom. The molecule has 6 nitrogen and oxygen atoms in total. The van der Waals surface area contributed by atoms with Gasteiger partial charge in [-0.05, 0) is 24.3 Å². The average molecular weight is 279 g/mol. The van der Waals surface area contributed by atoms with Crippen molar-refractivity contribution in [1.29, 1.82) is 0 Å². The maximum Gasteiger partial charge on any atom is 0.316 e. The Labute approximate surface area is 119 Å². The van der Waals surface area contributed by atoms with Crippen LogP contribution in [0.2, 0.25) is 0 Å². The number of nitrogens with zero attached hydrogens (tertiary/aromatic N) is 3. The molecule has 1 aromatic carbocycles. The second-order valence-electron chi connectivity index (χ2n) is 4.27. The molecule has 0 fully saturated rings. The summed E-state index contributed by atoms with van der Waals surface area (Å²) in [5.74, 6) is -0.240. The molecule has 2 heterocycles. The highest BCUT2D eigenvalue weighted by molar-refractivity contribution is 5.95. The SMILES string of the molecule is O=NC(=O)c1ccc(-c2cc(-c3ccccn3)on2)cc1. The first-order valence-electron chi connectivity index (χ1n) is 6.14. The molecule has 0 unspecified atom stereocenters. The molecule has 2 aromatic heterocycles. The molecule has 0 N–H and O–H groups in total. The first kappa shape index (κ1) is 12.9. The number of amides is 1. The zero-order valence-corrected chi connectivity index (χ0v) is 10.8. The lowest BCUT2D eigenvalue weighted by atomic mass is 10.1. The van der Waals surface area contributed by atoms with Crippen molar-refractivity contribution in [2.24, 2.45) is 5.18 Å². The summed E-state index contributed by atoms with van der Waals surface area (Å²) < 4.78 is 5.26. The summed E-state index contributed by atoms with van der Waals surface area (Å²) in [6.07, 6.45) is 1.67. The van der Waals surface area contributed by atoms with E-state index in [1.165, 1.54) is 12.1 Å². The maximum absolute atomic E-state index is 11.1. The van der Waals surface area contributed by atoms with E-state index in [-0.39, 0.29) is 5.56 Å².